The molecule has 0 aliphatic carbocycles. The smallest absolute Gasteiger partial charge is 0.243 e. The first-order valence-corrected chi connectivity index (χ1v) is 13.5. The normalized spacial score (nSPS) is 14.1. The summed E-state index contributed by atoms with van der Waals surface area (Å²) in [5.74, 6) is 0.516. The number of aromatic nitrogens is 1. The molecule has 1 aromatic heterocycles. The number of ether oxygens (including phenoxy) is 1. The molecular weight excluding hydrogens is 482 g/mol. The fraction of sp³-hybridized carbons (Fsp3) is 0.360. The van der Waals surface area contributed by atoms with Gasteiger partial charge in [-0.1, -0.05) is 11.6 Å². The zero-order valence-corrected chi connectivity index (χ0v) is 21.9. The van der Waals surface area contributed by atoms with E-state index in [1.54, 1.807) is 18.2 Å². The van der Waals surface area contributed by atoms with E-state index < -0.39 is 10.0 Å². The topological polar surface area (TPSA) is 95.6 Å². The van der Waals surface area contributed by atoms with Crippen molar-refractivity contribution in [1.29, 1.82) is 0 Å². The summed E-state index contributed by atoms with van der Waals surface area (Å²) in [5, 5.41) is 11.2. The van der Waals surface area contributed by atoms with Gasteiger partial charge in [-0.15, -0.1) is 0 Å². The number of fused-ring (bicyclic) bond motifs is 1. The van der Waals surface area contributed by atoms with Gasteiger partial charge < -0.3 is 20.7 Å². The van der Waals surface area contributed by atoms with E-state index in [1.165, 1.54) is 17.0 Å². The molecule has 2 aromatic carbocycles. The molecule has 1 aliphatic rings. The average molecular weight is 514 g/mol. The van der Waals surface area contributed by atoms with Gasteiger partial charge in [0.15, 0.2) is 5.11 Å². The Morgan fingerprint density at radius 1 is 1.06 bits per heavy atom. The number of benzene rings is 2. The van der Waals surface area contributed by atoms with Gasteiger partial charge in [0.2, 0.25) is 10.0 Å². The maximum Gasteiger partial charge on any atom is 0.243 e. The number of sulfonamides is 1. The van der Waals surface area contributed by atoms with E-state index in [1.807, 2.05) is 19.1 Å². The van der Waals surface area contributed by atoms with Gasteiger partial charge in [-0.05, 0) is 75.3 Å². The molecular formula is C25H31N5O3S2. The summed E-state index contributed by atoms with van der Waals surface area (Å²) in [4.78, 5) is 4.83. The van der Waals surface area contributed by atoms with Gasteiger partial charge in [-0.3, -0.25) is 4.98 Å². The van der Waals surface area contributed by atoms with Gasteiger partial charge >= 0.3 is 0 Å². The Kier molecular flexibility index (Phi) is 7.73. The Hall–Kier alpha value is -2.95. The molecule has 0 saturated carbocycles. The van der Waals surface area contributed by atoms with Crippen LogP contribution in [0.15, 0.2) is 47.4 Å². The molecule has 35 heavy (non-hydrogen) atoms. The molecule has 0 radical (unpaired) electrons. The second-order valence-electron chi connectivity index (χ2n) is 8.61. The SMILES string of the molecule is COc1ccc(S(=O)(=O)N2CCCC2)cc1NC(=S)NCCNc1cc(C)nc2ccc(C)cc12. The van der Waals surface area contributed by atoms with Crippen molar-refractivity contribution >= 4 is 49.6 Å². The first kappa shape index (κ1) is 25.2. The van der Waals surface area contributed by atoms with Crippen molar-refractivity contribution in [3.8, 4) is 5.75 Å². The molecule has 0 bridgehead atoms. The number of pyridine rings is 1. The lowest BCUT2D eigenvalue weighted by atomic mass is 10.1. The highest BCUT2D eigenvalue weighted by molar-refractivity contribution is 7.89. The number of nitrogens with one attached hydrogen (secondary N) is 3. The number of nitrogens with zero attached hydrogens (tertiary/aromatic N) is 2. The van der Waals surface area contributed by atoms with Crippen LogP contribution in [0.1, 0.15) is 24.1 Å². The number of rotatable bonds is 8. The van der Waals surface area contributed by atoms with Crippen LogP contribution in [0, 0.1) is 13.8 Å². The summed E-state index contributed by atoms with van der Waals surface area (Å²) in [7, 11) is -2.00. The summed E-state index contributed by atoms with van der Waals surface area (Å²) in [5.41, 5.74) is 4.62. The maximum absolute atomic E-state index is 13.0. The van der Waals surface area contributed by atoms with E-state index in [4.69, 9.17) is 17.0 Å². The van der Waals surface area contributed by atoms with Crippen molar-refractivity contribution in [3.05, 3.63) is 53.7 Å². The van der Waals surface area contributed by atoms with Crippen LogP contribution < -0.4 is 20.7 Å². The highest BCUT2D eigenvalue weighted by atomic mass is 32.2. The lowest BCUT2D eigenvalue weighted by Gasteiger charge is -2.18. The minimum atomic E-state index is -3.54. The van der Waals surface area contributed by atoms with Gasteiger partial charge in [0, 0.05) is 42.9 Å². The first-order chi connectivity index (χ1) is 16.8. The van der Waals surface area contributed by atoms with Gasteiger partial charge in [0.1, 0.15) is 5.75 Å². The monoisotopic (exact) mass is 513 g/mol. The summed E-state index contributed by atoms with van der Waals surface area (Å²) in [6.07, 6.45) is 1.77. The Balaban J connectivity index is 1.38. The number of methoxy groups -OCH3 is 1. The van der Waals surface area contributed by atoms with Crippen LogP contribution in [0.5, 0.6) is 5.75 Å². The Labute approximate surface area is 212 Å². The molecule has 3 aromatic rings. The van der Waals surface area contributed by atoms with Crippen molar-refractivity contribution < 1.29 is 13.2 Å². The van der Waals surface area contributed by atoms with E-state index in [9.17, 15) is 8.42 Å². The van der Waals surface area contributed by atoms with Gasteiger partial charge in [-0.25, -0.2) is 8.42 Å². The molecule has 0 unspecified atom stereocenters. The van der Waals surface area contributed by atoms with Crippen molar-refractivity contribution in [2.75, 3.05) is 43.9 Å². The largest absolute Gasteiger partial charge is 0.495 e. The number of hydrogen-bond acceptors (Lipinski definition) is 6. The molecule has 1 saturated heterocycles. The molecule has 10 heteroatoms. The summed E-state index contributed by atoms with van der Waals surface area (Å²) in [6, 6.07) is 13.0. The number of anilines is 2. The maximum atomic E-state index is 13.0. The van der Waals surface area contributed by atoms with Gasteiger partial charge in [0.25, 0.3) is 0 Å². The first-order valence-electron chi connectivity index (χ1n) is 11.6. The molecule has 1 fully saturated rings. The summed E-state index contributed by atoms with van der Waals surface area (Å²) >= 11 is 5.46. The van der Waals surface area contributed by atoms with Crippen molar-refractivity contribution in [2.45, 2.75) is 31.6 Å². The quantitative estimate of drug-likeness (QED) is 0.307. The Morgan fingerprint density at radius 2 is 1.83 bits per heavy atom. The second-order valence-corrected chi connectivity index (χ2v) is 11.0. The van der Waals surface area contributed by atoms with Crippen LogP contribution in [0.25, 0.3) is 10.9 Å². The standard InChI is InChI=1S/C25H31N5O3S2/c1-17-6-8-21-20(14-17)22(15-18(2)28-21)26-10-11-27-25(34)29-23-16-19(7-9-24(23)33-3)35(31,32)30-12-4-5-13-30/h6-9,14-16H,4-5,10-13H2,1-3H3,(H,26,28)(H2,27,29,34). The Morgan fingerprint density at radius 3 is 2.57 bits per heavy atom. The molecule has 3 N–H and O–H groups in total. The molecule has 0 spiro atoms. The lowest BCUT2D eigenvalue weighted by Crippen LogP contribution is -2.32. The molecule has 1 aliphatic heterocycles. The fourth-order valence-electron chi connectivity index (χ4n) is 4.18. The average Bonchev–Trinajstić information content (AvgIpc) is 3.38. The molecule has 186 valence electrons. The molecule has 0 atom stereocenters. The van der Waals surface area contributed by atoms with Crippen LogP contribution >= 0.6 is 12.2 Å². The van der Waals surface area contributed by atoms with Crippen LogP contribution in [0.3, 0.4) is 0 Å². The predicted octanol–water partition coefficient (Wildman–Crippen LogP) is 4.04. The molecule has 2 heterocycles. The van der Waals surface area contributed by atoms with Gasteiger partial charge in [-0.2, -0.15) is 4.31 Å². The number of hydrogen-bond donors (Lipinski definition) is 3. The highest BCUT2D eigenvalue weighted by Gasteiger charge is 2.28. The van der Waals surface area contributed by atoms with Crippen LogP contribution in [0.4, 0.5) is 11.4 Å². The second kappa shape index (κ2) is 10.8. The summed E-state index contributed by atoms with van der Waals surface area (Å²) < 4.78 is 32.8. The number of thiocarbonyl (C=S) groups is 1. The van der Waals surface area contributed by atoms with Crippen LogP contribution in [0.2, 0.25) is 0 Å². The molecule has 8 nitrogen and oxygen atoms in total. The Bertz CT molecular complexity index is 1340. The fourth-order valence-corrected chi connectivity index (χ4v) is 5.94. The molecule has 0 amide bonds. The van der Waals surface area contributed by atoms with Crippen molar-refractivity contribution in [3.63, 3.8) is 0 Å². The van der Waals surface area contributed by atoms with E-state index in [-0.39, 0.29) is 4.90 Å². The highest BCUT2D eigenvalue weighted by Crippen LogP contribution is 2.30. The van der Waals surface area contributed by atoms with Gasteiger partial charge in [0.05, 0.1) is 23.2 Å². The minimum Gasteiger partial charge on any atom is -0.495 e. The third-order valence-electron chi connectivity index (χ3n) is 5.94. The zero-order chi connectivity index (χ0) is 25.0. The minimum absolute atomic E-state index is 0.224. The van der Waals surface area contributed by atoms with Crippen LogP contribution in [-0.2, 0) is 10.0 Å². The predicted molar refractivity (Wildman–Crippen MR) is 145 cm³/mol. The van der Waals surface area contributed by atoms with E-state index in [0.717, 1.165) is 35.1 Å². The van der Waals surface area contributed by atoms with E-state index >= 15 is 0 Å². The summed E-state index contributed by atoms with van der Waals surface area (Å²) in [6.45, 7) is 6.34. The van der Waals surface area contributed by atoms with E-state index in [0.29, 0.717) is 42.7 Å². The molecule has 4 rings (SSSR count). The lowest BCUT2D eigenvalue weighted by molar-refractivity contribution is 0.416. The third-order valence-corrected chi connectivity index (χ3v) is 8.08. The van der Waals surface area contributed by atoms with Crippen molar-refractivity contribution in [2.24, 2.45) is 0 Å². The zero-order valence-electron chi connectivity index (χ0n) is 20.2. The van der Waals surface area contributed by atoms with E-state index in [2.05, 4.69) is 40.0 Å². The number of aryl methyl sites for hydroxylation is 2. The van der Waals surface area contributed by atoms with Crippen molar-refractivity contribution in [1.82, 2.24) is 14.6 Å². The third kappa shape index (κ3) is 5.83. The van der Waals surface area contributed by atoms with Crippen LogP contribution in [-0.4, -0.2) is 56.1 Å².